The van der Waals surface area contributed by atoms with Crippen LogP contribution in [0.4, 0.5) is 10.8 Å². The normalized spacial score (nSPS) is 20.1. The predicted molar refractivity (Wildman–Crippen MR) is 81.0 cm³/mol. The maximum absolute atomic E-state index is 5.80. The third-order valence-corrected chi connectivity index (χ3v) is 4.36. The van der Waals surface area contributed by atoms with E-state index in [4.69, 9.17) is 10.5 Å². The van der Waals surface area contributed by atoms with Crippen molar-refractivity contribution in [2.75, 3.05) is 37.3 Å². The summed E-state index contributed by atoms with van der Waals surface area (Å²) in [5.74, 6) is 1.90. The van der Waals surface area contributed by atoms with E-state index in [9.17, 15) is 0 Å². The number of rotatable bonds is 6. The summed E-state index contributed by atoms with van der Waals surface area (Å²) >= 11 is 1.38. The summed E-state index contributed by atoms with van der Waals surface area (Å²) in [6, 6.07) is 0.642. The Morgan fingerprint density at radius 3 is 3.00 bits per heavy atom. The van der Waals surface area contributed by atoms with Gasteiger partial charge in [0, 0.05) is 19.1 Å². The lowest BCUT2D eigenvalue weighted by molar-refractivity contribution is 0.266. The van der Waals surface area contributed by atoms with E-state index in [0.717, 1.165) is 11.5 Å². The highest BCUT2D eigenvalue weighted by molar-refractivity contribution is 7.11. The van der Waals surface area contributed by atoms with Crippen molar-refractivity contribution in [3.63, 3.8) is 0 Å². The van der Waals surface area contributed by atoms with Gasteiger partial charge in [0.05, 0.1) is 6.61 Å². The molecule has 1 aliphatic rings. The molecule has 1 aliphatic heterocycles. The molecule has 2 rings (SSSR count). The fourth-order valence-corrected chi connectivity index (χ4v) is 3.09. The second-order valence-electron chi connectivity index (χ2n) is 5.28. The quantitative estimate of drug-likeness (QED) is 0.839. The number of nitrogens with one attached hydrogen (secondary N) is 1. The maximum atomic E-state index is 5.80. The number of nitrogens with two attached hydrogens (primary N) is 1. The number of ether oxygens (including phenoxy) is 1. The molecule has 1 unspecified atom stereocenters. The minimum absolute atomic E-state index is 0.490. The van der Waals surface area contributed by atoms with Gasteiger partial charge in [-0.05, 0) is 51.2 Å². The molecule has 6 heteroatoms. The van der Waals surface area contributed by atoms with Gasteiger partial charge in [-0.25, -0.2) is 0 Å². The molecule has 5 nitrogen and oxygen atoms in total. The van der Waals surface area contributed by atoms with Crippen molar-refractivity contribution in [3.05, 3.63) is 0 Å². The van der Waals surface area contributed by atoms with E-state index in [2.05, 4.69) is 28.4 Å². The Labute approximate surface area is 119 Å². The van der Waals surface area contributed by atoms with Gasteiger partial charge < -0.3 is 20.7 Å². The molecule has 0 radical (unpaired) electrons. The monoisotopic (exact) mass is 284 g/mol. The third-order valence-electron chi connectivity index (χ3n) is 3.56. The van der Waals surface area contributed by atoms with Crippen LogP contribution < -0.4 is 15.8 Å². The average molecular weight is 284 g/mol. The minimum Gasteiger partial charge on any atom is -0.487 e. The van der Waals surface area contributed by atoms with Crippen LogP contribution in [0, 0.1) is 5.92 Å². The van der Waals surface area contributed by atoms with Crippen LogP contribution in [0.3, 0.4) is 0 Å². The lowest BCUT2D eigenvalue weighted by Gasteiger charge is -2.20. The van der Waals surface area contributed by atoms with Gasteiger partial charge in [0.1, 0.15) is 0 Å². The van der Waals surface area contributed by atoms with Gasteiger partial charge in [-0.1, -0.05) is 0 Å². The van der Waals surface area contributed by atoms with Crippen LogP contribution in [-0.2, 0) is 0 Å². The molecule has 1 aromatic rings. The lowest BCUT2D eigenvalue weighted by Crippen LogP contribution is -2.29. The summed E-state index contributed by atoms with van der Waals surface area (Å²) in [4.78, 5) is 2.52. The van der Waals surface area contributed by atoms with Gasteiger partial charge in [-0.15, -0.1) is 0 Å². The molecule has 0 saturated carbocycles. The van der Waals surface area contributed by atoms with Crippen molar-refractivity contribution in [2.24, 2.45) is 5.92 Å². The average Bonchev–Trinajstić information content (AvgIpc) is 2.96. The minimum atomic E-state index is 0.490. The van der Waals surface area contributed by atoms with E-state index < -0.39 is 0 Å². The van der Waals surface area contributed by atoms with Crippen LogP contribution in [0.2, 0.25) is 0 Å². The van der Waals surface area contributed by atoms with Crippen LogP contribution in [0.5, 0.6) is 5.75 Å². The van der Waals surface area contributed by atoms with Gasteiger partial charge in [0.25, 0.3) is 0 Å². The summed E-state index contributed by atoms with van der Waals surface area (Å²) in [7, 11) is 0. The fourth-order valence-electron chi connectivity index (χ4n) is 2.43. The first-order valence-corrected chi connectivity index (χ1v) is 7.75. The molecule has 0 bridgehead atoms. The SMILES string of the molecule is CCOc1c(N)nsc1NCC1CCN(C(C)C)C1. The first kappa shape index (κ1) is 14.4. The standard InChI is InChI=1S/C13H24N4OS/c1-4-18-11-12(14)16-19-13(11)15-7-10-5-6-17(8-10)9(2)3/h9-10,15H,4-8H2,1-3H3,(H2,14,16). The number of anilines is 2. The van der Waals surface area contributed by atoms with Crippen LogP contribution >= 0.6 is 11.5 Å². The first-order chi connectivity index (χ1) is 9.11. The number of likely N-dealkylation sites (tertiary alicyclic amines) is 1. The third kappa shape index (κ3) is 3.51. The molecule has 1 fully saturated rings. The van der Waals surface area contributed by atoms with Crippen molar-refractivity contribution in [1.29, 1.82) is 0 Å². The molecule has 0 aliphatic carbocycles. The summed E-state index contributed by atoms with van der Waals surface area (Å²) in [5, 5.41) is 4.41. The molecule has 1 atom stereocenters. The van der Waals surface area contributed by atoms with Gasteiger partial charge in [-0.2, -0.15) is 4.37 Å². The second kappa shape index (κ2) is 6.43. The van der Waals surface area contributed by atoms with Gasteiger partial charge in [-0.3, -0.25) is 0 Å². The van der Waals surface area contributed by atoms with Crippen molar-refractivity contribution in [3.8, 4) is 5.75 Å². The Bertz CT molecular complexity index is 407. The van der Waals surface area contributed by atoms with Crippen LogP contribution in [0.15, 0.2) is 0 Å². The van der Waals surface area contributed by atoms with Crippen molar-refractivity contribution >= 4 is 22.4 Å². The molecule has 19 heavy (non-hydrogen) atoms. The molecule has 0 aromatic carbocycles. The Kier molecular flexibility index (Phi) is 4.87. The first-order valence-electron chi connectivity index (χ1n) is 6.97. The highest BCUT2D eigenvalue weighted by atomic mass is 32.1. The predicted octanol–water partition coefficient (Wildman–Crippen LogP) is 2.27. The van der Waals surface area contributed by atoms with E-state index in [1.54, 1.807) is 0 Å². The molecule has 2 heterocycles. The number of hydrogen-bond acceptors (Lipinski definition) is 6. The summed E-state index contributed by atoms with van der Waals surface area (Å²) in [5.41, 5.74) is 5.80. The Hall–Kier alpha value is -1.01. The summed E-state index contributed by atoms with van der Waals surface area (Å²) < 4.78 is 9.68. The Morgan fingerprint density at radius 2 is 2.37 bits per heavy atom. The zero-order valence-corrected chi connectivity index (χ0v) is 12.8. The second-order valence-corrected chi connectivity index (χ2v) is 6.06. The maximum Gasteiger partial charge on any atom is 0.197 e. The van der Waals surface area contributed by atoms with Crippen molar-refractivity contribution in [1.82, 2.24) is 9.27 Å². The van der Waals surface area contributed by atoms with E-state index in [1.165, 1.54) is 31.0 Å². The van der Waals surface area contributed by atoms with Gasteiger partial charge in [0.15, 0.2) is 16.6 Å². The molecule has 1 aromatic heterocycles. The van der Waals surface area contributed by atoms with E-state index in [-0.39, 0.29) is 0 Å². The van der Waals surface area contributed by atoms with Crippen molar-refractivity contribution in [2.45, 2.75) is 33.2 Å². The zero-order valence-electron chi connectivity index (χ0n) is 12.0. The van der Waals surface area contributed by atoms with Crippen molar-refractivity contribution < 1.29 is 4.74 Å². The molecular weight excluding hydrogens is 260 g/mol. The number of nitrogens with zero attached hydrogens (tertiary/aromatic N) is 2. The topological polar surface area (TPSA) is 63.4 Å². The Balaban J connectivity index is 1.86. The number of nitrogen functional groups attached to an aromatic ring is 1. The molecule has 108 valence electrons. The van der Waals surface area contributed by atoms with E-state index >= 15 is 0 Å². The van der Waals surface area contributed by atoms with E-state index in [1.807, 2.05) is 6.92 Å². The summed E-state index contributed by atoms with van der Waals surface area (Å²) in [6.45, 7) is 10.4. The molecule has 1 saturated heterocycles. The van der Waals surface area contributed by atoms with Crippen LogP contribution in [-0.4, -0.2) is 41.6 Å². The van der Waals surface area contributed by atoms with Crippen LogP contribution in [0.1, 0.15) is 27.2 Å². The zero-order chi connectivity index (χ0) is 13.8. The fraction of sp³-hybridized carbons (Fsp3) is 0.769. The number of aromatic nitrogens is 1. The van der Waals surface area contributed by atoms with E-state index in [0.29, 0.717) is 30.1 Å². The Morgan fingerprint density at radius 1 is 1.58 bits per heavy atom. The highest BCUT2D eigenvalue weighted by Gasteiger charge is 2.24. The highest BCUT2D eigenvalue weighted by Crippen LogP contribution is 2.35. The lowest BCUT2D eigenvalue weighted by atomic mass is 10.1. The number of hydrogen-bond donors (Lipinski definition) is 2. The van der Waals surface area contributed by atoms with Gasteiger partial charge >= 0.3 is 0 Å². The molecule has 0 amide bonds. The van der Waals surface area contributed by atoms with Gasteiger partial charge in [0.2, 0.25) is 0 Å². The largest absolute Gasteiger partial charge is 0.487 e. The molecule has 0 spiro atoms. The summed E-state index contributed by atoms with van der Waals surface area (Å²) in [6.07, 6.45) is 1.25. The molecule has 3 N–H and O–H groups in total. The smallest absolute Gasteiger partial charge is 0.197 e. The molecular formula is C13H24N4OS. The van der Waals surface area contributed by atoms with Crippen LogP contribution in [0.25, 0.3) is 0 Å².